The molecule has 0 fully saturated rings. The third kappa shape index (κ3) is 4.13. The third-order valence-corrected chi connectivity index (χ3v) is 2.48. The Balaban J connectivity index is 2.16. The lowest BCUT2D eigenvalue weighted by atomic mass is 10.2. The van der Waals surface area contributed by atoms with Gasteiger partial charge in [0.1, 0.15) is 5.82 Å². The number of H-pyrrole nitrogens is 1. The number of nitrogens with one attached hydrogen (secondary N) is 2. The molecule has 0 saturated heterocycles. The number of aliphatic carboxylic acids is 1. The van der Waals surface area contributed by atoms with Gasteiger partial charge in [0, 0.05) is 30.1 Å². The van der Waals surface area contributed by atoms with Crippen molar-refractivity contribution < 1.29 is 14.7 Å². The third-order valence-electron chi connectivity index (χ3n) is 2.48. The molecule has 1 amide bonds. The van der Waals surface area contributed by atoms with Crippen molar-refractivity contribution in [3.63, 3.8) is 0 Å². The van der Waals surface area contributed by atoms with Gasteiger partial charge in [0.15, 0.2) is 0 Å². The second-order valence-electron chi connectivity index (χ2n) is 4.04. The zero-order chi connectivity index (χ0) is 15.2. The Bertz CT molecular complexity index is 765. The zero-order valence-corrected chi connectivity index (χ0v) is 10.7. The molecule has 2 rings (SSSR count). The molecule has 0 spiro atoms. The van der Waals surface area contributed by atoms with Gasteiger partial charge in [-0.1, -0.05) is 0 Å². The minimum absolute atomic E-state index is 0.201. The highest BCUT2D eigenvalue weighted by Crippen LogP contribution is 2.10. The Morgan fingerprint density at radius 1 is 1.29 bits per heavy atom. The minimum atomic E-state index is -1.07. The maximum atomic E-state index is 11.9. The Morgan fingerprint density at radius 2 is 2.10 bits per heavy atom. The molecule has 0 aliphatic carbocycles. The van der Waals surface area contributed by atoms with Crippen molar-refractivity contribution in [3.05, 3.63) is 64.2 Å². The lowest BCUT2D eigenvalue weighted by Gasteiger charge is -2.04. The molecule has 0 saturated carbocycles. The fourth-order valence-electron chi connectivity index (χ4n) is 1.56. The summed E-state index contributed by atoms with van der Waals surface area (Å²) in [7, 11) is 0. The first-order valence-electron chi connectivity index (χ1n) is 5.92. The van der Waals surface area contributed by atoms with E-state index >= 15 is 0 Å². The van der Waals surface area contributed by atoms with Gasteiger partial charge in [-0.05, 0) is 29.8 Å². The van der Waals surface area contributed by atoms with Gasteiger partial charge >= 0.3 is 5.97 Å². The summed E-state index contributed by atoms with van der Waals surface area (Å²) in [6.07, 6.45) is 5.18. The smallest absolute Gasteiger partial charge is 0.328 e. The van der Waals surface area contributed by atoms with Crippen molar-refractivity contribution in [2.24, 2.45) is 0 Å². The molecule has 0 bridgehead atoms. The van der Waals surface area contributed by atoms with E-state index in [1.165, 1.54) is 36.7 Å². The molecule has 21 heavy (non-hydrogen) atoms. The van der Waals surface area contributed by atoms with Gasteiger partial charge in [0.2, 0.25) is 5.56 Å². The Hall–Kier alpha value is -3.22. The summed E-state index contributed by atoms with van der Waals surface area (Å²) < 4.78 is 0. The van der Waals surface area contributed by atoms with Crippen LogP contribution in [0.3, 0.4) is 0 Å². The fraction of sp³-hybridized carbons (Fsp3) is 0. The predicted molar refractivity (Wildman–Crippen MR) is 75.9 cm³/mol. The van der Waals surface area contributed by atoms with E-state index < -0.39 is 11.9 Å². The minimum Gasteiger partial charge on any atom is -0.478 e. The van der Waals surface area contributed by atoms with Gasteiger partial charge in [0.05, 0.1) is 0 Å². The van der Waals surface area contributed by atoms with E-state index in [4.69, 9.17) is 5.11 Å². The number of carbonyl (C=O) groups excluding carboxylic acids is 1. The summed E-state index contributed by atoms with van der Waals surface area (Å²) >= 11 is 0. The highest BCUT2D eigenvalue weighted by atomic mass is 16.4. The number of hydrogen-bond acceptors (Lipinski definition) is 4. The van der Waals surface area contributed by atoms with Crippen LogP contribution >= 0.6 is 0 Å². The maximum absolute atomic E-state index is 11.9. The van der Waals surface area contributed by atoms with E-state index in [-0.39, 0.29) is 16.9 Å². The Labute approximate surface area is 119 Å². The summed E-state index contributed by atoms with van der Waals surface area (Å²) in [5, 5.41) is 11.1. The SMILES string of the molecule is O=C(O)/C=C/c1ccnc(NC(=O)c2cc[nH]c(=O)c2)c1. The van der Waals surface area contributed by atoms with Crippen molar-refractivity contribution in [3.8, 4) is 0 Å². The van der Waals surface area contributed by atoms with Crippen molar-refractivity contribution >= 4 is 23.8 Å². The van der Waals surface area contributed by atoms with Crippen LogP contribution < -0.4 is 10.9 Å². The van der Waals surface area contributed by atoms with E-state index in [0.717, 1.165) is 6.08 Å². The molecular formula is C14H11N3O4. The van der Waals surface area contributed by atoms with Gasteiger partial charge in [0.25, 0.3) is 5.91 Å². The van der Waals surface area contributed by atoms with Crippen molar-refractivity contribution in [1.82, 2.24) is 9.97 Å². The van der Waals surface area contributed by atoms with E-state index in [0.29, 0.717) is 5.56 Å². The number of aromatic amines is 1. The number of carboxylic acid groups (broad SMARTS) is 1. The number of rotatable bonds is 4. The number of anilines is 1. The van der Waals surface area contributed by atoms with E-state index in [9.17, 15) is 14.4 Å². The zero-order valence-electron chi connectivity index (χ0n) is 10.7. The molecule has 3 N–H and O–H groups in total. The second kappa shape index (κ2) is 6.29. The second-order valence-corrected chi connectivity index (χ2v) is 4.04. The van der Waals surface area contributed by atoms with Crippen LogP contribution in [0.25, 0.3) is 6.08 Å². The molecule has 0 atom stereocenters. The topological polar surface area (TPSA) is 112 Å². The Kier molecular flexibility index (Phi) is 4.25. The maximum Gasteiger partial charge on any atom is 0.328 e. The largest absolute Gasteiger partial charge is 0.478 e. The molecule has 2 aromatic rings. The molecule has 0 aliphatic heterocycles. The fourth-order valence-corrected chi connectivity index (χ4v) is 1.56. The van der Waals surface area contributed by atoms with Crippen LogP contribution in [0.2, 0.25) is 0 Å². The number of carboxylic acids is 1. The number of nitrogens with zero attached hydrogens (tertiary/aromatic N) is 1. The highest BCUT2D eigenvalue weighted by molar-refractivity contribution is 6.03. The molecule has 2 heterocycles. The van der Waals surface area contributed by atoms with Gasteiger partial charge in [-0.15, -0.1) is 0 Å². The lowest BCUT2D eigenvalue weighted by molar-refractivity contribution is -0.131. The standard InChI is InChI=1S/C14H11N3O4/c18-12-8-10(4-6-16-12)14(21)17-11-7-9(3-5-15-11)1-2-13(19)20/h1-8H,(H,16,18)(H,19,20)(H,15,17,21)/b2-1+. The predicted octanol–water partition coefficient (Wildman–Crippen LogP) is 1.12. The average Bonchev–Trinajstić information content (AvgIpc) is 2.45. The number of aromatic nitrogens is 2. The van der Waals surface area contributed by atoms with E-state index in [2.05, 4.69) is 15.3 Å². The first-order valence-corrected chi connectivity index (χ1v) is 5.92. The molecule has 0 aromatic carbocycles. The van der Waals surface area contributed by atoms with Crippen molar-refractivity contribution in [1.29, 1.82) is 0 Å². The monoisotopic (exact) mass is 285 g/mol. The van der Waals surface area contributed by atoms with Crippen LogP contribution in [0, 0.1) is 0 Å². The van der Waals surface area contributed by atoms with Crippen LogP contribution in [0.1, 0.15) is 15.9 Å². The lowest BCUT2D eigenvalue weighted by Crippen LogP contribution is -2.16. The quantitative estimate of drug-likeness (QED) is 0.729. The Morgan fingerprint density at radius 3 is 2.81 bits per heavy atom. The number of amides is 1. The molecule has 0 unspecified atom stereocenters. The number of carbonyl (C=O) groups is 2. The van der Waals surface area contributed by atoms with Crippen LogP contribution in [0.5, 0.6) is 0 Å². The molecule has 7 nitrogen and oxygen atoms in total. The summed E-state index contributed by atoms with van der Waals surface area (Å²) in [4.78, 5) is 39.9. The van der Waals surface area contributed by atoms with Gasteiger partial charge in [-0.3, -0.25) is 9.59 Å². The molecule has 0 aliphatic rings. The van der Waals surface area contributed by atoms with Crippen molar-refractivity contribution in [2.45, 2.75) is 0 Å². The van der Waals surface area contributed by atoms with Crippen molar-refractivity contribution in [2.75, 3.05) is 5.32 Å². The number of hydrogen-bond donors (Lipinski definition) is 3. The molecule has 106 valence electrons. The molecule has 7 heteroatoms. The van der Waals surface area contributed by atoms with E-state index in [1.54, 1.807) is 6.07 Å². The normalized spacial score (nSPS) is 10.5. The average molecular weight is 285 g/mol. The first kappa shape index (κ1) is 14.2. The first-order chi connectivity index (χ1) is 10.0. The molecule has 0 radical (unpaired) electrons. The van der Waals surface area contributed by atoms with Crippen LogP contribution in [0.4, 0.5) is 5.82 Å². The summed E-state index contributed by atoms with van der Waals surface area (Å²) in [5.41, 5.74) is 0.398. The van der Waals surface area contributed by atoms with Crippen LogP contribution in [0.15, 0.2) is 47.5 Å². The van der Waals surface area contributed by atoms with Gasteiger partial charge < -0.3 is 15.4 Å². The highest BCUT2D eigenvalue weighted by Gasteiger charge is 2.07. The van der Waals surface area contributed by atoms with Gasteiger partial charge in [-0.2, -0.15) is 0 Å². The molecule has 2 aromatic heterocycles. The summed E-state index contributed by atoms with van der Waals surface area (Å²) in [5.74, 6) is -1.29. The van der Waals surface area contributed by atoms with E-state index in [1.807, 2.05) is 0 Å². The number of pyridine rings is 2. The van der Waals surface area contributed by atoms with Crippen LogP contribution in [-0.2, 0) is 4.79 Å². The summed E-state index contributed by atoms with van der Waals surface area (Å²) in [6.45, 7) is 0. The molecular weight excluding hydrogens is 274 g/mol. The summed E-state index contributed by atoms with van der Waals surface area (Å²) in [6, 6.07) is 5.75. The van der Waals surface area contributed by atoms with Crippen LogP contribution in [-0.4, -0.2) is 27.0 Å². The van der Waals surface area contributed by atoms with Gasteiger partial charge in [-0.25, -0.2) is 9.78 Å².